The highest BCUT2D eigenvalue weighted by Gasteiger charge is 2.23. The Kier molecular flexibility index (Phi) is 7.35. The van der Waals surface area contributed by atoms with E-state index in [2.05, 4.69) is 58.9 Å². The lowest BCUT2D eigenvalue weighted by molar-refractivity contribution is 0.0447. The molecule has 0 aliphatic heterocycles. The Balaban J connectivity index is 2.30. The van der Waals surface area contributed by atoms with Gasteiger partial charge in [0, 0.05) is 22.0 Å². The maximum atomic E-state index is 6.02. The predicted octanol–water partition coefficient (Wildman–Crippen LogP) is 6.41. The van der Waals surface area contributed by atoms with Crippen LogP contribution in [0, 0.1) is 0 Å². The second-order valence-corrected chi connectivity index (χ2v) is 6.86. The molecule has 0 fully saturated rings. The smallest absolute Gasteiger partial charge is 0.0680 e. The molecule has 122 valence electrons. The van der Waals surface area contributed by atoms with E-state index in [1.807, 2.05) is 25.1 Å². The number of hydrogen-bond donors (Lipinski definition) is 0. The Morgan fingerprint density at radius 1 is 1.13 bits per heavy atom. The number of hydrogen-bond acceptors (Lipinski definition) is 1. The average Bonchev–Trinajstić information content (AvgIpc) is 2.55. The molecule has 3 heteroatoms. The molecule has 0 aromatic heterocycles. The van der Waals surface area contributed by atoms with E-state index in [4.69, 9.17) is 16.3 Å². The van der Waals surface area contributed by atoms with Gasteiger partial charge in [0.25, 0.3) is 0 Å². The van der Waals surface area contributed by atoms with Gasteiger partial charge in [-0.2, -0.15) is 0 Å². The lowest BCUT2D eigenvalue weighted by Crippen LogP contribution is -2.24. The fraction of sp³-hybridized carbons (Fsp3) is 0.300. The number of ether oxygens (including phenoxy) is 1. The van der Waals surface area contributed by atoms with Crippen molar-refractivity contribution in [1.82, 2.24) is 0 Å². The minimum atomic E-state index is 0.120. The maximum absolute atomic E-state index is 6.02. The van der Waals surface area contributed by atoms with Crippen molar-refractivity contribution in [3.8, 4) is 0 Å². The molecule has 0 saturated carbocycles. The zero-order chi connectivity index (χ0) is 16.7. The Morgan fingerprint density at radius 2 is 1.78 bits per heavy atom. The summed E-state index contributed by atoms with van der Waals surface area (Å²) in [4.78, 5) is 0. The fourth-order valence-corrected chi connectivity index (χ4v) is 3.17. The van der Waals surface area contributed by atoms with Gasteiger partial charge in [-0.1, -0.05) is 57.9 Å². The first-order valence-corrected chi connectivity index (χ1v) is 9.03. The predicted molar refractivity (Wildman–Crippen MR) is 102 cm³/mol. The van der Waals surface area contributed by atoms with Crippen molar-refractivity contribution in [3.05, 3.63) is 81.8 Å². The quantitative estimate of drug-likeness (QED) is 0.471. The molecule has 2 aromatic rings. The summed E-state index contributed by atoms with van der Waals surface area (Å²) in [6.45, 7) is 6.63. The molecule has 0 aliphatic carbocycles. The number of halogens is 2. The standard InChI is InChI=1S/C20H22BrClO/c1-3-5-20(23-4-2)19(16-8-10-17(21)11-9-16)14-15-6-12-18(22)13-7-15/h3,6-13,19-20H,1,4-5,14H2,2H3/t19-,20-/m1/s1. The van der Waals surface area contributed by atoms with E-state index in [1.165, 1.54) is 11.1 Å². The Morgan fingerprint density at radius 3 is 2.35 bits per heavy atom. The molecular formula is C20H22BrClO. The Bertz CT molecular complexity index is 607. The SMILES string of the molecule is C=CC[C@@H](OCC)[C@H](Cc1ccc(Cl)cc1)c1ccc(Br)cc1. The molecule has 2 rings (SSSR count). The van der Waals surface area contributed by atoms with Gasteiger partial charge < -0.3 is 4.74 Å². The number of benzene rings is 2. The van der Waals surface area contributed by atoms with Crippen LogP contribution in [-0.4, -0.2) is 12.7 Å². The first kappa shape index (κ1) is 18.3. The van der Waals surface area contributed by atoms with Gasteiger partial charge in [-0.3, -0.25) is 0 Å². The van der Waals surface area contributed by atoms with Crippen LogP contribution >= 0.6 is 27.5 Å². The first-order chi connectivity index (χ1) is 11.1. The van der Waals surface area contributed by atoms with Crippen LogP contribution in [0.5, 0.6) is 0 Å². The van der Waals surface area contributed by atoms with Crippen molar-refractivity contribution in [3.63, 3.8) is 0 Å². The zero-order valence-electron chi connectivity index (χ0n) is 13.3. The van der Waals surface area contributed by atoms with Gasteiger partial charge in [-0.25, -0.2) is 0 Å². The molecule has 23 heavy (non-hydrogen) atoms. The van der Waals surface area contributed by atoms with Crippen LogP contribution in [0.25, 0.3) is 0 Å². The summed E-state index contributed by atoms with van der Waals surface area (Å²) in [5.41, 5.74) is 2.54. The van der Waals surface area contributed by atoms with Gasteiger partial charge >= 0.3 is 0 Å². The molecule has 0 radical (unpaired) electrons. The monoisotopic (exact) mass is 392 g/mol. The van der Waals surface area contributed by atoms with Crippen LogP contribution in [0.15, 0.2) is 65.7 Å². The van der Waals surface area contributed by atoms with Crippen LogP contribution in [0.1, 0.15) is 30.4 Å². The molecule has 2 aromatic carbocycles. The van der Waals surface area contributed by atoms with Crippen LogP contribution in [0.2, 0.25) is 5.02 Å². The minimum Gasteiger partial charge on any atom is -0.378 e. The Labute approximate surface area is 152 Å². The molecule has 0 heterocycles. The van der Waals surface area contributed by atoms with Gasteiger partial charge in [-0.05, 0) is 55.2 Å². The van der Waals surface area contributed by atoms with E-state index in [-0.39, 0.29) is 12.0 Å². The lowest BCUT2D eigenvalue weighted by Gasteiger charge is -2.27. The summed E-state index contributed by atoms with van der Waals surface area (Å²) in [5.74, 6) is 0.280. The van der Waals surface area contributed by atoms with Crippen molar-refractivity contribution >= 4 is 27.5 Å². The van der Waals surface area contributed by atoms with Crippen LogP contribution in [0.4, 0.5) is 0 Å². The van der Waals surface area contributed by atoms with Crippen LogP contribution < -0.4 is 0 Å². The molecule has 1 nitrogen and oxygen atoms in total. The normalized spacial score (nSPS) is 13.5. The largest absolute Gasteiger partial charge is 0.378 e. The second-order valence-electron chi connectivity index (χ2n) is 5.51. The summed E-state index contributed by atoms with van der Waals surface area (Å²) in [7, 11) is 0. The van der Waals surface area contributed by atoms with E-state index < -0.39 is 0 Å². The van der Waals surface area contributed by atoms with Crippen molar-refractivity contribution < 1.29 is 4.74 Å². The first-order valence-electron chi connectivity index (χ1n) is 7.86. The average molecular weight is 394 g/mol. The topological polar surface area (TPSA) is 9.23 Å². The van der Waals surface area contributed by atoms with E-state index in [0.717, 1.165) is 22.3 Å². The van der Waals surface area contributed by atoms with Crippen molar-refractivity contribution in [2.75, 3.05) is 6.61 Å². The summed E-state index contributed by atoms with van der Waals surface area (Å²) in [5, 5.41) is 0.765. The molecule has 0 spiro atoms. The molecule has 0 bridgehead atoms. The minimum absolute atomic E-state index is 0.120. The lowest BCUT2D eigenvalue weighted by atomic mass is 9.86. The molecule has 0 saturated heterocycles. The fourth-order valence-electron chi connectivity index (χ4n) is 2.78. The van der Waals surface area contributed by atoms with Gasteiger partial charge in [0.2, 0.25) is 0 Å². The molecule has 0 unspecified atom stereocenters. The zero-order valence-corrected chi connectivity index (χ0v) is 15.7. The van der Waals surface area contributed by atoms with Gasteiger partial charge in [-0.15, -0.1) is 6.58 Å². The van der Waals surface area contributed by atoms with Gasteiger partial charge in [0.1, 0.15) is 0 Å². The van der Waals surface area contributed by atoms with E-state index >= 15 is 0 Å². The van der Waals surface area contributed by atoms with E-state index in [9.17, 15) is 0 Å². The highest BCUT2D eigenvalue weighted by Crippen LogP contribution is 2.30. The second kappa shape index (κ2) is 9.27. The molecule has 0 aliphatic rings. The summed E-state index contributed by atoms with van der Waals surface area (Å²) >= 11 is 9.51. The number of rotatable bonds is 8. The molecule has 0 N–H and O–H groups in total. The Hall–Kier alpha value is -1.09. The third-order valence-corrected chi connectivity index (χ3v) is 4.68. The summed E-state index contributed by atoms with van der Waals surface area (Å²) in [6, 6.07) is 16.6. The summed E-state index contributed by atoms with van der Waals surface area (Å²) in [6.07, 6.45) is 3.81. The molecular weight excluding hydrogens is 372 g/mol. The van der Waals surface area contributed by atoms with E-state index in [0.29, 0.717) is 6.61 Å². The maximum Gasteiger partial charge on any atom is 0.0680 e. The third-order valence-electron chi connectivity index (χ3n) is 3.90. The van der Waals surface area contributed by atoms with Crippen LogP contribution in [0.3, 0.4) is 0 Å². The van der Waals surface area contributed by atoms with Crippen LogP contribution in [-0.2, 0) is 11.2 Å². The molecule has 0 amide bonds. The van der Waals surface area contributed by atoms with Crippen molar-refractivity contribution in [2.24, 2.45) is 0 Å². The highest BCUT2D eigenvalue weighted by atomic mass is 79.9. The van der Waals surface area contributed by atoms with E-state index in [1.54, 1.807) is 0 Å². The van der Waals surface area contributed by atoms with Gasteiger partial charge in [0.15, 0.2) is 0 Å². The van der Waals surface area contributed by atoms with Gasteiger partial charge in [0.05, 0.1) is 6.10 Å². The summed E-state index contributed by atoms with van der Waals surface area (Å²) < 4.78 is 7.10. The van der Waals surface area contributed by atoms with Crippen molar-refractivity contribution in [2.45, 2.75) is 31.8 Å². The highest BCUT2D eigenvalue weighted by molar-refractivity contribution is 9.10. The van der Waals surface area contributed by atoms with Crippen molar-refractivity contribution in [1.29, 1.82) is 0 Å². The third kappa shape index (κ3) is 5.49. The molecule has 2 atom stereocenters.